The van der Waals surface area contributed by atoms with Crippen molar-refractivity contribution < 1.29 is 14.4 Å². The maximum atomic E-state index is 11.5. The van der Waals surface area contributed by atoms with Crippen molar-refractivity contribution in [3.63, 3.8) is 0 Å². The molecule has 3 N–H and O–H groups in total. The Morgan fingerprint density at radius 2 is 2.00 bits per heavy atom. The Kier molecular flexibility index (Phi) is 5.86. The largest absolute Gasteiger partial charge is 0.358 e. The van der Waals surface area contributed by atoms with E-state index in [0.29, 0.717) is 4.88 Å². The van der Waals surface area contributed by atoms with Gasteiger partial charge in [-0.1, -0.05) is 6.07 Å². The van der Waals surface area contributed by atoms with Gasteiger partial charge in [0.2, 0.25) is 11.8 Å². The van der Waals surface area contributed by atoms with Crippen molar-refractivity contribution in [1.82, 2.24) is 16.0 Å². The van der Waals surface area contributed by atoms with E-state index in [0.717, 1.165) is 0 Å². The maximum absolute atomic E-state index is 11.5. The van der Waals surface area contributed by atoms with Gasteiger partial charge in [0.1, 0.15) is 0 Å². The summed E-state index contributed by atoms with van der Waals surface area (Å²) in [5, 5.41) is 9.27. The van der Waals surface area contributed by atoms with Crippen molar-refractivity contribution in [2.75, 3.05) is 20.1 Å². The lowest BCUT2D eigenvalue weighted by Crippen LogP contribution is -2.36. The normalized spacial score (nSPS) is 9.61. The molecule has 0 aliphatic carbocycles. The van der Waals surface area contributed by atoms with Gasteiger partial charge in [0.15, 0.2) is 0 Å². The third kappa shape index (κ3) is 4.96. The number of carbonyl (C=O) groups excluding carboxylic acids is 3. The highest BCUT2D eigenvalue weighted by molar-refractivity contribution is 7.12. The van der Waals surface area contributed by atoms with Gasteiger partial charge in [0.25, 0.3) is 5.91 Å². The minimum atomic E-state index is -0.273. The Balaban J connectivity index is 2.16. The SMILES string of the molecule is CNC(=O)CNC(=O)CCNC(=O)c1cccs1. The Hall–Kier alpha value is -1.89. The van der Waals surface area contributed by atoms with Crippen LogP contribution >= 0.6 is 11.3 Å². The summed E-state index contributed by atoms with van der Waals surface area (Å²) < 4.78 is 0. The molecule has 0 fully saturated rings. The van der Waals surface area contributed by atoms with Gasteiger partial charge >= 0.3 is 0 Å². The van der Waals surface area contributed by atoms with E-state index in [1.54, 1.807) is 12.1 Å². The van der Waals surface area contributed by atoms with Crippen LogP contribution in [-0.2, 0) is 9.59 Å². The molecule has 0 saturated carbocycles. The molecule has 18 heavy (non-hydrogen) atoms. The van der Waals surface area contributed by atoms with Crippen molar-refractivity contribution in [2.24, 2.45) is 0 Å². The standard InChI is InChI=1S/C11H15N3O3S/c1-12-10(16)7-14-9(15)4-5-13-11(17)8-3-2-6-18-8/h2-3,6H,4-5,7H2,1H3,(H,12,16)(H,13,17)(H,14,15). The number of rotatable bonds is 6. The summed E-state index contributed by atoms with van der Waals surface area (Å²) in [5.74, 6) is -0.722. The third-order valence-corrected chi connectivity index (χ3v) is 2.98. The lowest BCUT2D eigenvalue weighted by atomic mass is 10.3. The van der Waals surface area contributed by atoms with Crippen LogP contribution in [0.2, 0.25) is 0 Å². The molecule has 0 aliphatic rings. The second-order valence-electron chi connectivity index (χ2n) is 3.43. The zero-order valence-corrected chi connectivity index (χ0v) is 10.8. The van der Waals surface area contributed by atoms with Gasteiger partial charge in [-0.25, -0.2) is 0 Å². The Morgan fingerprint density at radius 3 is 2.61 bits per heavy atom. The highest BCUT2D eigenvalue weighted by Gasteiger charge is 2.07. The van der Waals surface area contributed by atoms with Gasteiger partial charge in [0.05, 0.1) is 11.4 Å². The number of nitrogens with one attached hydrogen (secondary N) is 3. The van der Waals surface area contributed by atoms with Crippen LogP contribution in [0.4, 0.5) is 0 Å². The number of hydrogen-bond donors (Lipinski definition) is 3. The van der Waals surface area contributed by atoms with Crippen LogP contribution < -0.4 is 16.0 Å². The molecule has 1 heterocycles. The van der Waals surface area contributed by atoms with Crippen molar-refractivity contribution in [3.8, 4) is 0 Å². The number of likely N-dealkylation sites (N-methyl/N-ethyl adjacent to an activating group) is 1. The van der Waals surface area contributed by atoms with Crippen molar-refractivity contribution in [1.29, 1.82) is 0 Å². The molecule has 1 aromatic rings. The van der Waals surface area contributed by atoms with Crippen molar-refractivity contribution >= 4 is 29.1 Å². The van der Waals surface area contributed by atoms with Crippen LogP contribution in [0.25, 0.3) is 0 Å². The fourth-order valence-corrected chi connectivity index (χ4v) is 1.78. The molecular weight excluding hydrogens is 254 g/mol. The minimum Gasteiger partial charge on any atom is -0.358 e. The average molecular weight is 269 g/mol. The van der Waals surface area contributed by atoms with Crippen LogP contribution in [-0.4, -0.2) is 37.9 Å². The predicted molar refractivity (Wildman–Crippen MR) is 68.3 cm³/mol. The fourth-order valence-electron chi connectivity index (χ4n) is 1.14. The Morgan fingerprint density at radius 1 is 1.22 bits per heavy atom. The van der Waals surface area contributed by atoms with Crippen LogP contribution in [0.3, 0.4) is 0 Å². The van der Waals surface area contributed by atoms with Crippen LogP contribution in [0.1, 0.15) is 16.1 Å². The van der Waals surface area contributed by atoms with E-state index in [1.807, 2.05) is 5.38 Å². The van der Waals surface area contributed by atoms with E-state index >= 15 is 0 Å². The minimum absolute atomic E-state index is 0.0474. The molecule has 7 heteroatoms. The molecular formula is C11H15N3O3S. The number of amides is 3. The maximum Gasteiger partial charge on any atom is 0.261 e. The first kappa shape index (κ1) is 14.2. The second kappa shape index (κ2) is 7.44. The third-order valence-electron chi connectivity index (χ3n) is 2.11. The first-order valence-electron chi connectivity index (χ1n) is 5.42. The topological polar surface area (TPSA) is 87.3 Å². The first-order valence-corrected chi connectivity index (χ1v) is 6.30. The summed E-state index contributed by atoms with van der Waals surface area (Å²) in [6.45, 7) is 0.199. The monoisotopic (exact) mass is 269 g/mol. The number of thiophene rings is 1. The van der Waals surface area contributed by atoms with Gasteiger partial charge in [0, 0.05) is 20.0 Å². The Bertz CT molecular complexity index is 417. The van der Waals surface area contributed by atoms with Gasteiger partial charge in [-0.15, -0.1) is 11.3 Å². The molecule has 0 aromatic carbocycles. The molecule has 0 radical (unpaired) electrons. The molecule has 0 aliphatic heterocycles. The highest BCUT2D eigenvalue weighted by atomic mass is 32.1. The van der Waals surface area contributed by atoms with E-state index in [2.05, 4.69) is 16.0 Å². The summed E-state index contributed by atoms with van der Waals surface area (Å²) in [7, 11) is 1.50. The Labute approximate surface area is 109 Å². The number of carbonyl (C=O) groups is 3. The van der Waals surface area contributed by atoms with Gasteiger partial charge < -0.3 is 16.0 Å². The van der Waals surface area contributed by atoms with Crippen LogP contribution in [0, 0.1) is 0 Å². The van der Waals surface area contributed by atoms with Crippen molar-refractivity contribution in [2.45, 2.75) is 6.42 Å². The number of hydrogen-bond acceptors (Lipinski definition) is 4. The van der Waals surface area contributed by atoms with Crippen molar-refractivity contribution in [3.05, 3.63) is 22.4 Å². The quantitative estimate of drug-likeness (QED) is 0.664. The molecule has 98 valence electrons. The summed E-state index contributed by atoms with van der Waals surface area (Å²) in [6, 6.07) is 3.50. The predicted octanol–water partition coefficient (Wildman–Crippen LogP) is -0.270. The summed E-state index contributed by atoms with van der Waals surface area (Å²) >= 11 is 1.34. The molecule has 0 atom stereocenters. The summed E-state index contributed by atoms with van der Waals surface area (Å²) in [5.41, 5.74) is 0. The molecule has 0 bridgehead atoms. The van der Waals surface area contributed by atoms with Crippen LogP contribution in [0.15, 0.2) is 17.5 Å². The van der Waals surface area contributed by atoms with Gasteiger partial charge in [-0.3, -0.25) is 14.4 Å². The zero-order chi connectivity index (χ0) is 13.4. The van der Waals surface area contributed by atoms with Gasteiger partial charge in [-0.05, 0) is 11.4 Å². The first-order chi connectivity index (χ1) is 8.63. The summed E-state index contributed by atoms with van der Waals surface area (Å²) in [6.07, 6.45) is 0.147. The van der Waals surface area contributed by atoms with E-state index in [4.69, 9.17) is 0 Å². The van der Waals surface area contributed by atoms with E-state index in [-0.39, 0.29) is 37.2 Å². The highest BCUT2D eigenvalue weighted by Crippen LogP contribution is 2.07. The lowest BCUT2D eigenvalue weighted by molar-refractivity contribution is -0.125. The average Bonchev–Trinajstić information content (AvgIpc) is 2.89. The molecule has 1 rings (SSSR count). The fraction of sp³-hybridized carbons (Fsp3) is 0.364. The summed E-state index contributed by atoms with van der Waals surface area (Å²) in [4.78, 5) is 34.3. The lowest BCUT2D eigenvalue weighted by Gasteiger charge is -2.05. The van der Waals surface area contributed by atoms with Crippen LogP contribution in [0.5, 0.6) is 0 Å². The van der Waals surface area contributed by atoms with E-state index in [9.17, 15) is 14.4 Å². The zero-order valence-electron chi connectivity index (χ0n) is 9.99. The molecule has 0 spiro atoms. The molecule has 1 aromatic heterocycles. The van der Waals surface area contributed by atoms with Gasteiger partial charge in [-0.2, -0.15) is 0 Å². The van der Waals surface area contributed by atoms with E-state index in [1.165, 1.54) is 18.4 Å². The second-order valence-corrected chi connectivity index (χ2v) is 4.38. The smallest absolute Gasteiger partial charge is 0.261 e. The molecule has 0 unspecified atom stereocenters. The molecule has 0 saturated heterocycles. The molecule has 3 amide bonds. The molecule has 6 nitrogen and oxygen atoms in total. The van der Waals surface area contributed by atoms with E-state index < -0.39 is 0 Å².